The summed E-state index contributed by atoms with van der Waals surface area (Å²) in [5.41, 5.74) is 0.646. The molecule has 0 N–H and O–H groups in total. The van der Waals surface area contributed by atoms with Gasteiger partial charge < -0.3 is 0 Å². The molecule has 54 valence electrons. The molecule has 3 fully saturated rings. The lowest BCUT2D eigenvalue weighted by Gasteiger charge is -2.15. The lowest BCUT2D eigenvalue weighted by molar-refractivity contribution is 0.386. The molecule has 0 radical (unpaired) electrons. The lowest BCUT2D eigenvalue weighted by atomic mass is 9.89. The minimum Gasteiger partial charge on any atom is -0.103 e. The van der Waals surface area contributed by atoms with Crippen molar-refractivity contribution in [3.8, 4) is 0 Å². The van der Waals surface area contributed by atoms with Crippen LogP contribution in [-0.2, 0) is 0 Å². The van der Waals surface area contributed by atoms with Crippen LogP contribution < -0.4 is 0 Å². The average molecular weight is 134 g/mol. The van der Waals surface area contributed by atoms with Gasteiger partial charge in [0, 0.05) is 0 Å². The predicted molar refractivity (Wildman–Crippen MR) is 41.5 cm³/mol. The van der Waals surface area contributed by atoms with E-state index in [9.17, 15) is 0 Å². The van der Waals surface area contributed by atoms with E-state index in [0.717, 1.165) is 23.7 Å². The second kappa shape index (κ2) is 1.22. The molecule has 0 amide bonds. The third kappa shape index (κ3) is 0.349. The zero-order valence-electron chi connectivity index (χ0n) is 6.51. The number of fused-ring (bicyclic) bond motifs is 3. The van der Waals surface area contributed by atoms with Crippen LogP contribution >= 0.6 is 0 Å². The van der Waals surface area contributed by atoms with Crippen LogP contribution in [0, 0.1) is 29.1 Å². The van der Waals surface area contributed by atoms with Gasteiger partial charge in [-0.3, -0.25) is 0 Å². The maximum atomic E-state index is 3.96. The van der Waals surface area contributed by atoms with Crippen molar-refractivity contribution in [2.45, 2.75) is 19.8 Å². The first-order chi connectivity index (χ1) is 4.79. The molecule has 5 unspecified atom stereocenters. The Morgan fingerprint density at radius 2 is 2.30 bits per heavy atom. The predicted octanol–water partition coefficient (Wildman–Crippen LogP) is 2.46. The SMILES string of the molecule is C=CC12CC1C1CC1C2C. The highest BCUT2D eigenvalue weighted by Gasteiger charge is 2.73. The first-order valence-corrected chi connectivity index (χ1v) is 4.43. The molecule has 0 aromatic rings. The van der Waals surface area contributed by atoms with Crippen LogP contribution in [0.1, 0.15) is 19.8 Å². The molecule has 0 aromatic heterocycles. The van der Waals surface area contributed by atoms with E-state index < -0.39 is 0 Å². The Morgan fingerprint density at radius 1 is 1.50 bits per heavy atom. The molecule has 0 aliphatic heterocycles. The highest BCUT2D eigenvalue weighted by molar-refractivity contribution is 5.28. The average Bonchev–Trinajstić information content (AvgIpc) is 2.81. The first-order valence-electron chi connectivity index (χ1n) is 4.43. The summed E-state index contributed by atoms with van der Waals surface area (Å²) in [4.78, 5) is 0. The van der Waals surface area contributed by atoms with Gasteiger partial charge in [-0.25, -0.2) is 0 Å². The summed E-state index contributed by atoms with van der Waals surface area (Å²) in [6.07, 6.45) is 5.26. The third-order valence-electron chi connectivity index (χ3n) is 4.38. The van der Waals surface area contributed by atoms with E-state index in [-0.39, 0.29) is 0 Å². The van der Waals surface area contributed by atoms with Gasteiger partial charge in [0.25, 0.3) is 0 Å². The molecule has 3 rings (SSSR count). The number of hydrogen-bond donors (Lipinski definition) is 0. The molecular weight excluding hydrogens is 120 g/mol. The second-order valence-corrected chi connectivity index (χ2v) is 4.48. The molecule has 3 aliphatic carbocycles. The van der Waals surface area contributed by atoms with Crippen molar-refractivity contribution in [2.24, 2.45) is 29.1 Å². The van der Waals surface area contributed by atoms with Crippen LogP contribution in [0.5, 0.6) is 0 Å². The van der Waals surface area contributed by atoms with Gasteiger partial charge in [-0.15, -0.1) is 6.58 Å². The molecule has 0 saturated heterocycles. The van der Waals surface area contributed by atoms with Gasteiger partial charge in [-0.1, -0.05) is 13.0 Å². The summed E-state index contributed by atoms with van der Waals surface area (Å²) < 4.78 is 0. The molecule has 0 aromatic carbocycles. The van der Waals surface area contributed by atoms with Gasteiger partial charge >= 0.3 is 0 Å². The zero-order chi connectivity index (χ0) is 6.93. The second-order valence-electron chi connectivity index (χ2n) is 4.48. The summed E-state index contributed by atoms with van der Waals surface area (Å²) in [6.45, 7) is 6.39. The first kappa shape index (κ1) is 5.40. The number of rotatable bonds is 1. The summed E-state index contributed by atoms with van der Waals surface area (Å²) in [5, 5.41) is 0. The lowest BCUT2D eigenvalue weighted by Crippen LogP contribution is -2.09. The summed E-state index contributed by atoms with van der Waals surface area (Å²) in [6, 6.07) is 0. The van der Waals surface area contributed by atoms with Crippen molar-refractivity contribution < 1.29 is 0 Å². The largest absolute Gasteiger partial charge is 0.103 e. The Kier molecular flexibility index (Phi) is 0.657. The minimum absolute atomic E-state index is 0.646. The van der Waals surface area contributed by atoms with Crippen molar-refractivity contribution in [3.63, 3.8) is 0 Å². The van der Waals surface area contributed by atoms with Crippen LogP contribution in [0.25, 0.3) is 0 Å². The zero-order valence-corrected chi connectivity index (χ0v) is 6.51. The standard InChI is InChI=1S/C10H14/c1-3-10-5-9(10)8-4-7(8)6(10)2/h3,6-9H,1,4-5H2,2H3. The van der Waals surface area contributed by atoms with Crippen molar-refractivity contribution in [2.75, 3.05) is 0 Å². The molecule has 0 spiro atoms. The van der Waals surface area contributed by atoms with Crippen molar-refractivity contribution >= 4 is 0 Å². The van der Waals surface area contributed by atoms with E-state index in [1.165, 1.54) is 6.42 Å². The molecule has 0 nitrogen and oxygen atoms in total. The van der Waals surface area contributed by atoms with Gasteiger partial charge in [0.2, 0.25) is 0 Å². The monoisotopic (exact) mass is 134 g/mol. The van der Waals surface area contributed by atoms with E-state index in [1.807, 2.05) is 0 Å². The molecule has 0 heteroatoms. The number of hydrogen-bond acceptors (Lipinski definition) is 0. The molecule has 3 saturated carbocycles. The normalized spacial score (nSPS) is 68.5. The Bertz CT molecular complexity index is 204. The van der Waals surface area contributed by atoms with Crippen molar-refractivity contribution in [1.29, 1.82) is 0 Å². The fourth-order valence-electron chi connectivity index (χ4n) is 3.49. The molecule has 0 bridgehead atoms. The van der Waals surface area contributed by atoms with Gasteiger partial charge in [-0.05, 0) is 41.9 Å². The Labute approximate surface area is 62.3 Å². The van der Waals surface area contributed by atoms with Crippen LogP contribution in [0.3, 0.4) is 0 Å². The van der Waals surface area contributed by atoms with Gasteiger partial charge in [0.1, 0.15) is 0 Å². The Balaban J connectivity index is 2.00. The summed E-state index contributed by atoms with van der Waals surface area (Å²) in [5.74, 6) is 4.29. The fraction of sp³-hybridized carbons (Fsp3) is 0.800. The Hall–Kier alpha value is -0.260. The van der Waals surface area contributed by atoms with Crippen LogP contribution in [0.15, 0.2) is 12.7 Å². The number of allylic oxidation sites excluding steroid dienone is 1. The van der Waals surface area contributed by atoms with Crippen LogP contribution in [-0.4, -0.2) is 0 Å². The topological polar surface area (TPSA) is 0 Å². The van der Waals surface area contributed by atoms with Crippen LogP contribution in [0.2, 0.25) is 0 Å². The quantitative estimate of drug-likeness (QED) is 0.483. The maximum Gasteiger partial charge on any atom is -0.00582 e. The summed E-state index contributed by atoms with van der Waals surface area (Å²) >= 11 is 0. The molecule has 0 heterocycles. The van der Waals surface area contributed by atoms with E-state index in [4.69, 9.17) is 0 Å². The van der Waals surface area contributed by atoms with E-state index in [2.05, 4.69) is 19.6 Å². The highest BCUT2D eigenvalue weighted by Crippen LogP contribution is 2.79. The summed E-state index contributed by atoms with van der Waals surface area (Å²) in [7, 11) is 0. The molecule has 3 aliphatic rings. The van der Waals surface area contributed by atoms with E-state index in [1.54, 1.807) is 6.42 Å². The van der Waals surface area contributed by atoms with E-state index in [0.29, 0.717) is 5.41 Å². The molecular formula is C10H14. The fourth-order valence-corrected chi connectivity index (χ4v) is 3.49. The van der Waals surface area contributed by atoms with Gasteiger partial charge in [0.05, 0.1) is 0 Å². The Morgan fingerprint density at radius 3 is 2.70 bits per heavy atom. The third-order valence-corrected chi connectivity index (χ3v) is 4.38. The highest BCUT2D eigenvalue weighted by atomic mass is 14.8. The smallest absolute Gasteiger partial charge is 0.00582 e. The van der Waals surface area contributed by atoms with Gasteiger partial charge in [0.15, 0.2) is 0 Å². The van der Waals surface area contributed by atoms with Crippen molar-refractivity contribution in [3.05, 3.63) is 12.7 Å². The maximum absolute atomic E-state index is 3.96. The molecule has 10 heavy (non-hydrogen) atoms. The van der Waals surface area contributed by atoms with Crippen molar-refractivity contribution in [1.82, 2.24) is 0 Å². The van der Waals surface area contributed by atoms with Gasteiger partial charge in [-0.2, -0.15) is 0 Å². The van der Waals surface area contributed by atoms with E-state index >= 15 is 0 Å². The molecule has 5 atom stereocenters. The minimum atomic E-state index is 0.646. The van der Waals surface area contributed by atoms with Crippen LogP contribution in [0.4, 0.5) is 0 Å².